The normalized spacial score (nSPS) is 11.3. The lowest BCUT2D eigenvalue weighted by Gasteiger charge is -2.15. The van der Waals surface area contributed by atoms with Crippen LogP contribution in [0.15, 0.2) is 9.32 Å². The fourth-order valence-electron chi connectivity index (χ4n) is 1.32. The van der Waals surface area contributed by atoms with E-state index in [0.717, 1.165) is 0 Å². The maximum absolute atomic E-state index is 11.6. The van der Waals surface area contributed by atoms with Gasteiger partial charge >= 0.3 is 0 Å². The van der Waals surface area contributed by atoms with E-state index in [1.54, 1.807) is 7.05 Å². The molecule has 1 aromatic heterocycles. The molecule has 2 N–H and O–H groups in total. The van der Waals surface area contributed by atoms with Crippen LogP contribution in [-0.4, -0.2) is 4.74 Å². The van der Waals surface area contributed by atoms with Crippen LogP contribution >= 0.6 is 12.4 Å². The van der Waals surface area contributed by atoms with Gasteiger partial charge in [0.05, 0.1) is 5.56 Å². The Labute approximate surface area is 94.5 Å². The molecule has 0 amide bonds. The van der Waals surface area contributed by atoms with Gasteiger partial charge in [-0.05, 0) is 0 Å². The molecule has 6 heteroatoms. The summed E-state index contributed by atoms with van der Waals surface area (Å²) in [4.78, 5) is 16.0. The third kappa shape index (κ3) is 2.84. The molecule has 0 saturated heterocycles. The van der Waals surface area contributed by atoms with E-state index in [2.05, 4.69) is 4.84 Å². The monoisotopic (exact) mass is 236 g/mol. The summed E-state index contributed by atoms with van der Waals surface area (Å²) >= 11 is 0. The van der Waals surface area contributed by atoms with Crippen molar-refractivity contribution < 1.29 is 9.36 Å². The molecular formula is C9H17ClN2O3. The molecule has 0 unspecified atom stereocenters. The first-order valence-corrected chi connectivity index (χ1v) is 4.39. The molecule has 1 rings (SSSR count). The Morgan fingerprint density at radius 2 is 2.00 bits per heavy atom. The molecule has 0 aliphatic rings. The molecule has 0 aliphatic carbocycles. The minimum Gasteiger partial charge on any atom is -0.380 e. The molecule has 88 valence electrons. The zero-order chi connectivity index (χ0) is 10.9. The fraction of sp³-hybridized carbons (Fsp3) is 0.667. The first-order valence-electron chi connectivity index (χ1n) is 4.39. The smallest absolute Gasteiger partial charge is 0.288 e. The van der Waals surface area contributed by atoms with Crippen LogP contribution in [0.1, 0.15) is 32.1 Å². The van der Waals surface area contributed by atoms with Gasteiger partial charge in [-0.3, -0.25) is 9.63 Å². The number of aromatic nitrogens is 1. The molecule has 0 fully saturated rings. The molecule has 0 atom stereocenters. The van der Waals surface area contributed by atoms with Crippen molar-refractivity contribution in [3.8, 4) is 0 Å². The molecule has 0 saturated carbocycles. The lowest BCUT2D eigenvalue weighted by molar-refractivity contribution is 0.121. The van der Waals surface area contributed by atoms with E-state index < -0.39 is 0 Å². The van der Waals surface area contributed by atoms with Gasteiger partial charge in [0.1, 0.15) is 12.4 Å². The highest BCUT2D eigenvalue weighted by Gasteiger charge is 2.26. The first kappa shape index (κ1) is 14.2. The van der Waals surface area contributed by atoms with Gasteiger partial charge in [-0.25, -0.2) is 5.90 Å². The highest BCUT2D eigenvalue weighted by Crippen LogP contribution is 2.24. The standard InChI is InChI=1S/C9H16N2O3.ClH/c1-9(2,3)7-6(5-13-10)8(12)11(4)14-7;/h5,10H2,1-4H3;1H. The molecule has 0 aliphatic heterocycles. The maximum Gasteiger partial charge on any atom is 0.288 e. The third-order valence-corrected chi connectivity index (χ3v) is 1.96. The average molecular weight is 237 g/mol. The van der Waals surface area contributed by atoms with E-state index in [1.165, 1.54) is 4.74 Å². The molecule has 1 aromatic rings. The Hall–Kier alpha value is -0.780. The van der Waals surface area contributed by atoms with E-state index in [0.29, 0.717) is 11.3 Å². The second-order valence-electron chi connectivity index (χ2n) is 4.26. The Kier molecular flexibility index (Phi) is 4.58. The van der Waals surface area contributed by atoms with Crippen molar-refractivity contribution in [1.82, 2.24) is 4.74 Å². The van der Waals surface area contributed by atoms with Crippen LogP contribution in [-0.2, 0) is 23.9 Å². The largest absolute Gasteiger partial charge is 0.380 e. The van der Waals surface area contributed by atoms with Crippen LogP contribution in [0.5, 0.6) is 0 Å². The quantitative estimate of drug-likeness (QED) is 0.781. The number of aryl methyl sites for hydroxylation is 1. The van der Waals surface area contributed by atoms with Crippen molar-refractivity contribution >= 4 is 12.4 Å². The second kappa shape index (κ2) is 4.83. The number of rotatable bonds is 2. The van der Waals surface area contributed by atoms with E-state index in [4.69, 9.17) is 10.4 Å². The summed E-state index contributed by atoms with van der Waals surface area (Å²) in [6.07, 6.45) is 0. The topological polar surface area (TPSA) is 70.4 Å². The second-order valence-corrected chi connectivity index (χ2v) is 4.26. The summed E-state index contributed by atoms with van der Waals surface area (Å²) < 4.78 is 6.52. The lowest BCUT2D eigenvalue weighted by atomic mass is 9.91. The van der Waals surface area contributed by atoms with Gasteiger partial charge in [-0.1, -0.05) is 20.8 Å². The molecule has 1 heterocycles. The van der Waals surface area contributed by atoms with Crippen LogP contribution in [0.2, 0.25) is 0 Å². The highest BCUT2D eigenvalue weighted by atomic mass is 35.5. The van der Waals surface area contributed by atoms with Gasteiger partial charge in [0.2, 0.25) is 0 Å². The Morgan fingerprint density at radius 1 is 1.47 bits per heavy atom. The van der Waals surface area contributed by atoms with Gasteiger partial charge in [0.25, 0.3) is 5.56 Å². The first-order chi connectivity index (χ1) is 6.38. The lowest BCUT2D eigenvalue weighted by Crippen LogP contribution is -2.19. The number of hydrogen-bond acceptors (Lipinski definition) is 4. The fourth-order valence-corrected chi connectivity index (χ4v) is 1.32. The van der Waals surface area contributed by atoms with Gasteiger partial charge < -0.3 is 4.52 Å². The van der Waals surface area contributed by atoms with Gasteiger partial charge in [-0.15, -0.1) is 12.4 Å². The SMILES string of the molecule is Cl.Cn1oc(C(C)(C)C)c(CON)c1=O. The molecule has 0 radical (unpaired) electrons. The summed E-state index contributed by atoms with van der Waals surface area (Å²) in [7, 11) is 1.57. The summed E-state index contributed by atoms with van der Waals surface area (Å²) in [5.74, 6) is 5.58. The van der Waals surface area contributed by atoms with Crippen molar-refractivity contribution in [2.24, 2.45) is 12.9 Å². The van der Waals surface area contributed by atoms with E-state index in [1.807, 2.05) is 20.8 Å². The third-order valence-electron chi connectivity index (χ3n) is 1.96. The highest BCUT2D eigenvalue weighted by molar-refractivity contribution is 5.85. The van der Waals surface area contributed by atoms with E-state index in [9.17, 15) is 4.79 Å². The number of hydrogen-bond donors (Lipinski definition) is 1. The van der Waals surface area contributed by atoms with Crippen LogP contribution in [0.25, 0.3) is 0 Å². The number of nitrogens with two attached hydrogens (primary N) is 1. The Morgan fingerprint density at radius 3 is 2.40 bits per heavy atom. The van der Waals surface area contributed by atoms with Crippen molar-refractivity contribution in [1.29, 1.82) is 0 Å². The van der Waals surface area contributed by atoms with Crippen molar-refractivity contribution in [2.75, 3.05) is 0 Å². The van der Waals surface area contributed by atoms with Gasteiger partial charge in [0, 0.05) is 12.5 Å². The van der Waals surface area contributed by atoms with E-state index in [-0.39, 0.29) is 30.0 Å². The minimum atomic E-state index is -0.228. The molecule has 15 heavy (non-hydrogen) atoms. The van der Waals surface area contributed by atoms with Gasteiger partial charge in [-0.2, -0.15) is 4.74 Å². The van der Waals surface area contributed by atoms with Crippen LogP contribution in [0, 0.1) is 0 Å². The summed E-state index contributed by atoms with van der Waals surface area (Å²) in [5, 5.41) is 0. The Balaban J connectivity index is 0.00000196. The van der Waals surface area contributed by atoms with Crippen molar-refractivity contribution in [3.63, 3.8) is 0 Å². The van der Waals surface area contributed by atoms with E-state index >= 15 is 0 Å². The molecule has 0 spiro atoms. The molecule has 5 nitrogen and oxygen atoms in total. The van der Waals surface area contributed by atoms with Gasteiger partial charge in [0.15, 0.2) is 0 Å². The number of nitrogens with zero attached hydrogens (tertiary/aromatic N) is 1. The average Bonchev–Trinajstić information content (AvgIpc) is 2.32. The van der Waals surface area contributed by atoms with Crippen LogP contribution in [0.3, 0.4) is 0 Å². The molecule has 0 bridgehead atoms. The molecular weight excluding hydrogens is 220 g/mol. The minimum absolute atomic E-state index is 0. The summed E-state index contributed by atoms with van der Waals surface area (Å²) in [6, 6.07) is 0. The maximum atomic E-state index is 11.6. The zero-order valence-electron chi connectivity index (χ0n) is 9.36. The number of halogens is 1. The van der Waals surface area contributed by atoms with Crippen LogP contribution in [0.4, 0.5) is 0 Å². The molecule has 0 aromatic carbocycles. The predicted octanol–water partition coefficient (Wildman–Crippen LogP) is 1.09. The Bertz CT molecular complexity index is 376. The zero-order valence-corrected chi connectivity index (χ0v) is 10.2. The predicted molar refractivity (Wildman–Crippen MR) is 58.9 cm³/mol. The summed E-state index contributed by atoms with van der Waals surface area (Å²) in [5.41, 5.74) is 0.0664. The van der Waals surface area contributed by atoms with Crippen molar-refractivity contribution in [2.45, 2.75) is 32.8 Å². The summed E-state index contributed by atoms with van der Waals surface area (Å²) in [6.45, 7) is 5.97. The van der Waals surface area contributed by atoms with Crippen LogP contribution < -0.4 is 11.5 Å². The van der Waals surface area contributed by atoms with Crippen molar-refractivity contribution in [3.05, 3.63) is 21.7 Å².